The van der Waals surface area contributed by atoms with Gasteiger partial charge in [0.1, 0.15) is 5.82 Å². The molecule has 2 aromatic carbocycles. The number of hydrogen-bond donors (Lipinski definition) is 1. The third kappa shape index (κ3) is 6.00. The molecule has 0 aliphatic heterocycles. The van der Waals surface area contributed by atoms with Crippen LogP contribution in [-0.4, -0.2) is 26.4 Å². The van der Waals surface area contributed by atoms with Crippen molar-refractivity contribution in [3.8, 4) is 0 Å². The number of benzene rings is 2. The number of halogens is 3. The number of hydrogen-bond acceptors (Lipinski definition) is 4. The molecule has 0 atom stereocenters. The minimum atomic E-state index is -0.202. The highest BCUT2D eigenvalue weighted by Crippen LogP contribution is 2.26. The highest BCUT2D eigenvalue weighted by molar-refractivity contribution is 7.99. The van der Waals surface area contributed by atoms with Crippen molar-refractivity contribution in [2.75, 3.05) is 11.1 Å². The van der Waals surface area contributed by atoms with Gasteiger partial charge >= 0.3 is 0 Å². The third-order valence-corrected chi connectivity index (χ3v) is 5.68. The molecule has 150 valence electrons. The smallest absolute Gasteiger partial charge is 0.234 e. The molecular formula is C20H17Cl3N4OS. The van der Waals surface area contributed by atoms with Gasteiger partial charge in [-0.1, -0.05) is 64.8 Å². The third-order valence-electron chi connectivity index (χ3n) is 3.92. The van der Waals surface area contributed by atoms with Crippen LogP contribution >= 0.6 is 46.6 Å². The standard InChI is InChI=1S/C20H17Cl3N4OS/c1-2-9-27-18(10-13-3-5-14(21)6-4-13)25-26-20(27)29-12-19(28)24-17-8-7-15(22)11-16(17)23/h2-8,11H,1,9-10,12H2,(H,24,28). The zero-order valence-electron chi connectivity index (χ0n) is 15.2. The first-order chi connectivity index (χ1) is 14.0. The Labute approximate surface area is 188 Å². The molecule has 0 unspecified atom stereocenters. The van der Waals surface area contributed by atoms with Crippen molar-refractivity contribution in [1.82, 2.24) is 14.8 Å². The topological polar surface area (TPSA) is 59.8 Å². The second kappa shape index (κ2) is 10.2. The fourth-order valence-corrected chi connectivity index (χ4v) is 3.91. The van der Waals surface area contributed by atoms with Gasteiger partial charge in [-0.15, -0.1) is 16.8 Å². The first-order valence-corrected chi connectivity index (χ1v) is 10.7. The molecule has 1 heterocycles. The van der Waals surface area contributed by atoms with E-state index in [4.69, 9.17) is 34.8 Å². The molecule has 0 saturated carbocycles. The molecule has 0 spiro atoms. The van der Waals surface area contributed by atoms with Gasteiger partial charge < -0.3 is 9.88 Å². The summed E-state index contributed by atoms with van der Waals surface area (Å²) in [6, 6.07) is 12.5. The van der Waals surface area contributed by atoms with Gasteiger partial charge in [-0.2, -0.15) is 0 Å². The number of carbonyl (C=O) groups excluding carboxylic acids is 1. The van der Waals surface area contributed by atoms with Gasteiger partial charge in [0.2, 0.25) is 5.91 Å². The van der Waals surface area contributed by atoms with Crippen molar-refractivity contribution in [1.29, 1.82) is 0 Å². The van der Waals surface area contributed by atoms with E-state index in [9.17, 15) is 4.79 Å². The molecule has 0 bridgehead atoms. The van der Waals surface area contributed by atoms with Crippen LogP contribution in [-0.2, 0) is 17.8 Å². The molecule has 0 fully saturated rings. The second-order valence-corrected chi connectivity index (χ2v) is 8.28. The van der Waals surface area contributed by atoms with Gasteiger partial charge in [0.15, 0.2) is 5.16 Å². The number of nitrogens with zero attached hydrogens (tertiary/aromatic N) is 3. The quantitative estimate of drug-likeness (QED) is 0.339. The van der Waals surface area contributed by atoms with Crippen LogP contribution in [0.4, 0.5) is 5.69 Å². The summed E-state index contributed by atoms with van der Waals surface area (Å²) in [5.74, 6) is 0.748. The van der Waals surface area contributed by atoms with E-state index in [2.05, 4.69) is 22.1 Å². The van der Waals surface area contributed by atoms with Crippen LogP contribution in [0.3, 0.4) is 0 Å². The highest BCUT2D eigenvalue weighted by atomic mass is 35.5. The molecule has 9 heteroatoms. The monoisotopic (exact) mass is 466 g/mol. The molecule has 0 saturated heterocycles. The molecule has 5 nitrogen and oxygen atoms in total. The maximum atomic E-state index is 12.3. The van der Waals surface area contributed by atoms with Crippen molar-refractivity contribution in [2.45, 2.75) is 18.1 Å². The largest absolute Gasteiger partial charge is 0.324 e. The first kappa shape index (κ1) is 21.7. The maximum absolute atomic E-state index is 12.3. The fraction of sp³-hybridized carbons (Fsp3) is 0.150. The van der Waals surface area contributed by atoms with Crippen molar-refractivity contribution in [2.24, 2.45) is 0 Å². The molecule has 0 aliphatic rings. The number of nitrogens with one attached hydrogen (secondary N) is 1. The Morgan fingerprint density at radius 3 is 2.52 bits per heavy atom. The fourth-order valence-electron chi connectivity index (χ4n) is 2.56. The van der Waals surface area contributed by atoms with E-state index in [1.165, 1.54) is 11.8 Å². The van der Waals surface area contributed by atoms with Gasteiger partial charge in [0.25, 0.3) is 0 Å². The molecular weight excluding hydrogens is 451 g/mol. The minimum Gasteiger partial charge on any atom is -0.324 e. The van der Waals surface area contributed by atoms with E-state index in [-0.39, 0.29) is 11.7 Å². The van der Waals surface area contributed by atoms with Gasteiger partial charge in [-0.3, -0.25) is 4.79 Å². The summed E-state index contributed by atoms with van der Waals surface area (Å²) in [6.07, 6.45) is 2.37. The maximum Gasteiger partial charge on any atom is 0.234 e. The van der Waals surface area contributed by atoms with E-state index >= 15 is 0 Å². The van der Waals surface area contributed by atoms with E-state index in [0.29, 0.717) is 38.9 Å². The van der Waals surface area contributed by atoms with Crippen molar-refractivity contribution >= 4 is 58.2 Å². The van der Waals surface area contributed by atoms with Crippen LogP contribution in [0.1, 0.15) is 11.4 Å². The number of aromatic nitrogens is 3. The Bertz CT molecular complexity index is 1020. The van der Waals surface area contributed by atoms with Gasteiger partial charge in [-0.05, 0) is 35.9 Å². The Balaban J connectivity index is 1.66. The average Bonchev–Trinajstić information content (AvgIpc) is 3.06. The Kier molecular flexibility index (Phi) is 7.61. The lowest BCUT2D eigenvalue weighted by Gasteiger charge is -2.09. The highest BCUT2D eigenvalue weighted by Gasteiger charge is 2.15. The Hall–Kier alpha value is -1.99. The van der Waals surface area contributed by atoms with Crippen molar-refractivity contribution in [3.05, 3.63) is 81.6 Å². The number of amides is 1. The number of thioether (sulfide) groups is 1. The summed E-state index contributed by atoms with van der Waals surface area (Å²) in [4.78, 5) is 12.3. The second-order valence-electron chi connectivity index (χ2n) is 6.06. The van der Waals surface area contributed by atoms with Crippen LogP contribution in [0.5, 0.6) is 0 Å². The lowest BCUT2D eigenvalue weighted by Crippen LogP contribution is -2.15. The molecule has 1 amide bonds. The summed E-state index contributed by atoms with van der Waals surface area (Å²) < 4.78 is 1.94. The van der Waals surface area contributed by atoms with Gasteiger partial charge in [0, 0.05) is 23.0 Å². The van der Waals surface area contributed by atoms with E-state index in [0.717, 1.165) is 11.4 Å². The van der Waals surface area contributed by atoms with Crippen molar-refractivity contribution in [3.63, 3.8) is 0 Å². The lowest BCUT2D eigenvalue weighted by atomic mass is 10.1. The summed E-state index contributed by atoms with van der Waals surface area (Å²) >= 11 is 19.2. The predicted molar refractivity (Wildman–Crippen MR) is 120 cm³/mol. The average molecular weight is 468 g/mol. The zero-order chi connectivity index (χ0) is 20.8. The summed E-state index contributed by atoms with van der Waals surface area (Å²) in [7, 11) is 0. The molecule has 0 radical (unpaired) electrons. The lowest BCUT2D eigenvalue weighted by molar-refractivity contribution is -0.113. The predicted octanol–water partition coefficient (Wildman–Crippen LogP) is 5.75. The molecule has 1 N–H and O–H groups in total. The van der Waals surface area contributed by atoms with Crippen LogP contribution in [0.25, 0.3) is 0 Å². The zero-order valence-corrected chi connectivity index (χ0v) is 18.3. The Morgan fingerprint density at radius 2 is 1.83 bits per heavy atom. The van der Waals surface area contributed by atoms with E-state index in [1.54, 1.807) is 24.3 Å². The van der Waals surface area contributed by atoms with Crippen LogP contribution < -0.4 is 5.32 Å². The minimum absolute atomic E-state index is 0.162. The number of anilines is 1. The van der Waals surface area contributed by atoms with Gasteiger partial charge in [0.05, 0.1) is 16.5 Å². The molecule has 29 heavy (non-hydrogen) atoms. The molecule has 3 rings (SSSR count). The number of rotatable bonds is 8. The number of allylic oxidation sites excluding steroid dienone is 1. The normalized spacial score (nSPS) is 10.7. The van der Waals surface area contributed by atoms with Crippen molar-refractivity contribution < 1.29 is 4.79 Å². The van der Waals surface area contributed by atoms with Crippen LogP contribution in [0.2, 0.25) is 15.1 Å². The summed E-state index contributed by atoms with van der Waals surface area (Å²) in [5.41, 5.74) is 1.58. The van der Waals surface area contributed by atoms with E-state index in [1.807, 2.05) is 28.8 Å². The van der Waals surface area contributed by atoms with Gasteiger partial charge in [-0.25, -0.2) is 0 Å². The van der Waals surface area contributed by atoms with Crippen LogP contribution in [0.15, 0.2) is 60.3 Å². The Morgan fingerprint density at radius 1 is 1.10 bits per heavy atom. The molecule has 0 aliphatic carbocycles. The SMILES string of the molecule is C=CCn1c(Cc2ccc(Cl)cc2)nnc1SCC(=O)Nc1ccc(Cl)cc1Cl. The number of carbonyl (C=O) groups is 1. The van der Waals surface area contributed by atoms with E-state index < -0.39 is 0 Å². The van der Waals surface area contributed by atoms with Crippen LogP contribution in [0, 0.1) is 0 Å². The first-order valence-electron chi connectivity index (χ1n) is 8.61. The molecule has 1 aromatic heterocycles. The summed E-state index contributed by atoms with van der Waals surface area (Å²) in [6.45, 7) is 4.34. The summed E-state index contributed by atoms with van der Waals surface area (Å²) in [5, 5.41) is 13.5. The molecule has 3 aromatic rings.